The van der Waals surface area contributed by atoms with Crippen molar-refractivity contribution >= 4 is 10.8 Å². The summed E-state index contributed by atoms with van der Waals surface area (Å²) < 4.78 is 5.77. The standard InChI is InChI=1S/C19H25NO/c1-3-19-18(10-11-21-19)13-20-14(2)16-9-8-15-6-4-5-7-17(15)12-16/h4-9,12,14,18-20H,3,10-11,13H2,1-2H3. The van der Waals surface area contributed by atoms with Crippen molar-refractivity contribution in [1.29, 1.82) is 0 Å². The van der Waals surface area contributed by atoms with Crippen LogP contribution in [0.4, 0.5) is 0 Å². The molecule has 0 radical (unpaired) electrons. The maximum Gasteiger partial charge on any atom is 0.0613 e. The summed E-state index contributed by atoms with van der Waals surface area (Å²) in [6, 6.07) is 15.7. The van der Waals surface area contributed by atoms with E-state index in [1.165, 1.54) is 22.8 Å². The number of hydrogen-bond donors (Lipinski definition) is 1. The Morgan fingerprint density at radius 1 is 1.19 bits per heavy atom. The van der Waals surface area contributed by atoms with Crippen molar-refractivity contribution in [3.8, 4) is 0 Å². The van der Waals surface area contributed by atoms with Gasteiger partial charge in [-0.3, -0.25) is 0 Å². The van der Waals surface area contributed by atoms with Gasteiger partial charge in [-0.05, 0) is 48.1 Å². The second-order valence-corrected chi connectivity index (χ2v) is 6.10. The van der Waals surface area contributed by atoms with Crippen molar-refractivity contribution < 1.29 is 4.74 Å². The minimum absolute atomic E-state index is 0.382. The van der Waals surface area contributed by atoms with Gasteiger partial charge < -0.3 is 10.1 Å². The van der Waals surface area contributed by atoms with Gasteiger partial charge in [0, 0.05) is 19.2 Å². The van der Waals surface area contributed by atoms with E-state index >= 15 is 0 Å². The van der Waals surface area contributed by atoms with E-state index in [4.69, 9.17) is 4.74 Å². The predicted octanol–water partition coefficient (Wildman–Crippen LogP) is 4.31. The molecule has 3 atom stereocenters. The van der Waals surface area contributed by atoms with E-state index in [1.54, 1.807) is 0 Å². The van der Waals surface area contributed by atoms with Crippen LogP contribution >= 0.6 is 0 Å². The lowest BCUT2D eigenvalue weighted by Crippen LogP contribution is -2.30. The molecule has 0 saturated carbocycles. The first-order valence-corrected chi connectivity index (χ1v) is 8.11. The Kier molecular flexibility index (Phi) is 4.57. The van der Waals surface area contributed by atoms with Gasteiger partial charge in [-0.25, -0.2) is 0 Å². The van der Waals surface area contributed by atoms with Crippen LogP contribution in [0.1, 0.15) is 38.3 Å². The van der Waals surface area contributed by atoms with E-state index in [1.807, 2.05) is 0 Å². The van der Waals surface area contributed by atoms with Crippen molar-refractivity contribution in [2.75, 3.05) is 13.2 Å². The van der Waals surface area contributed by atoms with Gasteiger partial charge in [0.05, 0.1) is 6.10 Å². The van der Waals surface area contributed by atoms with Crippen LogP contribution in [0, 0.1) is 5.92 Å². The normalized spacial score (nSPS) is 23.5. The van der Waals surface area contributed by atoms with E-state index in [0.29, 0.717) is 18.1 Å². The third-order valence-corrected chi connectivity index (χ3v) is 4.71. The summed E-state index contributed by atoms with van der Waals surface area (Å²) in [4.78, 5) is 0. The predicted molar refractivity (Wildman–Crippen MR) is 88.5 cm³/mol. The summed E-state index contributed by atoms with van der Waals surface area (Å²) in [5.41, 5.74) is 1.36. The summed E-state index contributed by atoms with van der Waals surface area (Å²) in [7, 11) is 0. The summed E-state index contributed by atoms with van der Waals surface area (Å²) in [5.74, 6) is 0.665. The van der Waals surface area contributed by atoms with Crippen LogP contribution in [0.2, 0.25) is 0 Å². The van der Waals surface area contributed by atoms with Crippen LogP contribution in [0.15, 0.2) is 42.5 Å². The second-order valence-electron chi connectivity index (χ2n) is 6.10. The minimum atomic E-state index is 0.382. The topological polar surface area (TPSA) is 21.3 Å². The van der Waals surface area contributed by atoms with E-state index in [0.717, 1.165) is 19.6 Å². The van der Waals surface area contributed by atoms with Crippen molar-refractivity contribution in [3.05, 3.63) is 48.0 Å². The number of rotatable bonds is 5. The van der Waals surface area contributed by atoms with Crippen molar-refractivity contribution in [3.63, 3.8) is 0 Å². The van der Waals surface area contributed by atoms with E-state index < -0.39 is 0 Å². The molecule has 3 rings (SSSR count). The smallest absolute Gasteiger partial charge is 0.0613 e. The zero-order valence-corrected chi connectivity index (χ0v) is 13.0. The van der Waals surface area contributed by atoms with Crippen LogP contribution in [0.25, 0.3) is 10.8 Å². The fraction of sp³-hybridized carbons (Fsp3) is 0.474. The van der Waals surface area contributed by atoms with Gasteiger partial charge in [0.25, 0.3) is 0 Å². The highest BCUT2D eigenvalue weighted by Gasteiger charge is 2.26. The van der Waals surface area contributed by atoms with E-state index in [-0.39, 0.29) is 0 Å². The summed E-state index contributed by atoms with van der Waals surface area (Å²) in [6.45, 7) is 6.44. The molecule has 0 spiro atoms. The Bertz CT molecular complexity index is 595. The molecule has 21 heavy (non-hydrogen) atoms. The number of benzene rings is 2. The molecule has 1 aliphatic heterocycles. The highest BCUT2D eigenvalue weighted by atomic mass is 16.5. The van der Waals surface area contributed by atoms with Crippen LogP contribution in [0.5, 0.6) is 0 Å². The van der Waals surface area contributed by atoms with Gasteiger partial charge in [-0.2, -0.15) is 0 Å². The fourth-order valence-corrected chi connectivity index (χ4v) is 3.30. The van der Waals surface area contributed by atoms with Gasteiger partial charge in [-0.1, -0.05) is 43.3 Å². The Morgan fingerprint density at radius 3 is 2.81 bits per heavy atom. The summed E-state index contributed by atoms with van der Waals surface area (Å²) >= 11 is 0. The largest absolute Gasteiger partial charge is 0.378 e. The van der Waals surface area contributed by atoms with Crippen LogP contribution < -0.4 is 5.32 Å². The van der Waals surface area contributed by atoms with E-state index in [9.17, 15) is 0 Å². The molecule has 2 heteroatoms. The lowest BCUT2D eigenvalue weighted by atomic mass is 9.98. The molecular weight excluding hydrogens is 258 g/mol. The maximum absolute atomic E-state index is 5.77. The fourth-order valence-electron chi connectivity index (χ4n) is 3.30. The Morgan fingerprint density at radius 2 is 2.00 bits per heavy atom. The van der Waals surface area contributed by atoms with Gasteiger partial charge in [0.15, 0.2) is 0 Å². The van der Waals surface area contributed by atoms with E-state index in [2.05, 4.69) is 61.6 Å². The zero-order chi connectivity index (χ0) is 14.7. The number of nitrogens with one attached hydrogen (secondary N) is 1. The van der Waals surface area contributed by atoms with Crippen molar-refractivity contribution in [1.82, 2.24) is 5.32 Å². The monoisotopic (exact) mass is 283 g/mol. The molecule has 1 heterocycles. The van der Waals surface area contributed by atoms with Crippen LogP contribution in [-0.4, -0.2) is 19.3 Å². The quantitative estimate of drug-likeness (QED) is 0.883. The molecule has 3 unspecified atom stereocenters. The third-order valence-electron chi connectivity index (χ3n) is 4.71. The second kappa shape index (κ2) is 6.59. The molecule has 2 aromatic carbocycles. The lowest BCUT2D eigenvalue weighted by Gasteiger charge is -2.21. The Balaban J connectivity index is 1.65. The van der Waals surface area contributed by atoms with Gasteiger partial charge >= 0.3 is 0 Å². The molecule has 0 bridgehead atoms. The first-order valence-electron chi connectivity index (χ1n) is 8.11. The molecule has 1 fully saturated rings. The first kappa shape index (κ1) is 14.6. The molecule has 2 aromatic rings. The highest BCUT2D eigenvalue weighted by Crippen LogP contribution is 2.24. The average molecular weight is 283 g/mol. The maximum atomic E-state index is 5.77. The molecule has 112 valence electrons. The lowest BCUT2D eigenvalue weighted by molar-refractivity contribution is 0.0867. The Hall–Kier alpha value is -1.38. The molecule has 0 aliphatic carbocycles. The zero-order valence-electron chi connectivity index (χ0n) is 13.0. The van der Waals surface area contributed by atoms with Gasteiger partial charge in [-0.15, -0.1) is 0 Å². The molecule has 0 amide bonds. The number of hydrogen-bond acceptors (Lipinski definition) is 2. The average Bonchev–Trinajstić information content (AvgIpc) is 2.99. The molecular formula is C19H25NO. The summed E-state index contributed by atoms with van der Waals surface area (Å²) in [6.07, 6.45) is 2.76. The molecule has 1 saturated heterocycles. The van der Waals surface area contributed by atoms with Gasteiger partial charge in [0.1, 0.15) is 0 Å². The number of ether oxygens (including phenoxy) is 1. The Labute approximate surface area is 127 Å². The first-order chi connectivity index (χ1) is 10.3. The summed E-state index contributed by atoms with van der Waals surface area (Å²) in [5, 5.41) is 6.32. The molecule has 2 nitrogen and oxygen atoms in total. The highest BCUT2D eigenvalue weighted by molar-refractivity contribution is 5.83. The SMILES string of the molecule is CCC1OCCC1CNC(C)c1ccc2ccccc2c1. The minimum Gasteiger partial charge on any atom is -0.378 e. The third kappa shape index (κ3) is 3.28. The van der Waals surface area contributed by atoms with Crippen molar-refractivity contribution in [2.45, 2.75) is 38.8 Å². The van der Waals surface area contributed by atoms with Gasteiger partial charge in [0.2, 0.25) is 0 Å². The molecule has 1 aliphatic rings. The van der Waals surface area contributed by atoms with Crippen LogP contribution in [0.3, 0.4) is 0 Å². The van der Waals surface area contributed by atoms with Crippen LogP contribution in [-0.2, 0) is 4.74 Å². The number of fused-ring (bicyclic) bond motifs is 1. The molecule has 0 aromatic heterocycles. The van der Waals surface area contributed by atoms with Crippen molar-refractivity contribution in [2.24, 2.45) is 5.92 Å². The molecule has 1 N–H and O–H groups in total.